The first-order valence-electron chi connectivity index (χ1n) is 13.5. The number of aryl methyl sites for hydroxylation is 1. The molecule has 2 atom stereocenters. The van der Waals surface area contributed by atoms with E-state index in [2.05, 4.69) is 79.4 Å². The van der Waals surface area contributed by atoms with Crippen LogP contribution in [0.1, 0.15) is 41.9 Å². The Hall–Kier alpha value is -3.16. The van der Waals surface area contributed by atoms with Gasteiger partial charge in [0, 0.05) is 66.6 Å². The first-order valence-corrected chi connectivity index (χ1v) is 14.3. The zero-order valence-electron chi connectivity index (χ0n) is 21.6. The summed E-state index contributed by atoms with van der Waals surface area (Å²) in [5, 5.41) is 4.62. The third-order valence-corrected chi connectivity index (χ3v) is 8.76. The predicted molar refractivity (Wildman–Crippen MR) is 154 cm³/mol. The average Bonchev–Trinajstić information content (AvgIpc) is 3.72. The maximum atomic E-state index is 14.2. The van der Waals surface area contributed by atoms with E-state index in [1.165, 1.54) is 16.5 Å². The number of nitrogens with zero attached hydrogens (tertiary/aromatic N) is 3. The summed E-state index contributed by atoms with van der Waals surface area (Å²) in [6.07, 6.45) is 6.99. The van der Waals surface area contributed by atoms with Crippen molar-refractivity contribution in [2.75, 3.05) is 13.1 Å². The number of pyridine rings is 1. The maximum Gasteiger partial charge on any atom is 0.250 e. The lowest BCUT2D eigenvalue weighted by atomic mass is 9.80. The van der Waals surface area contributed by atoms with Crippen molar-refractivity contribution in [3.8, 4) is 0 Å². The van der Waals surface area contributed by atoms with Crippen molar-refractivity contribution in [1.29, 1.82) is 0 Å². The van der Waals surface area contributed by atoms with Gasteiger partial charge in [-0.3, -0.25) is 9.59 Å². The SMILES string of the molecule is Cn1ccc([C@H]2CCNCC2C(=O)N(Cc2cn(Cc3ccccc3)c3cccc(Br)c23)C2CC2)cc1=O. The zero-order valence-corrected chi connectivity index (χ0v) is 23.2. The summed E-state index contributed by atoms with van der Waals surface area (Å²) in [4.78, 5) is 28.7. The minimum Gasteiger partial charge on any atom is -0.343 e. The second-order valence-corrected chi connectivity index (χ2v) is 11.6. The normalized spacial score (nSPS) is 19.5. The highest BCUT2D eigenvalue weighted by Crippen LogP contribution is 2.38. The van der Waals surface area contributed by atoms with Gasteiger partial charge in [0.15, 0.2) is 0 Å². The molecule has 2 aliphatic rings. The zero-order chi connectivity index (χ0) is 26.2. The number of hydrogen-bond donors (Lipinski definition) is 1. The van der Waals surface area contributed by atoms with Gasteiger partial charge in [-0.15, -0.1) is 0 Å². The van der Waals surface area contributed by atoms with Gasteiger partial charge < -0.3 is 19.4 Å². The number of fused-ring (bicyclic) bond motifs is 1. The van der Waals surface area contributed by atoms with Gasteiger partial charge in [-0.25, -0.2) is 0 Å². The lowest BCUT2D eigenvalue weighted by Gasteiger charge is -2.35. The molecule has 1 aliphatic heterocycles. The van der Waals surface area contributed by atoms with Crippen molar-refractivity contribution in [2.45, 2.75) is 44.3 Å². The fourth-order valence-electron chi connectivity index (χ4n) is 5.90. The third kappa shape index (κ3) is 4.97. The molecule has 4 aromatic rings. The second kappa shape index (κ2) is 10.5. The number of carbonyl (C=O) groups is 1. The summed E-state index contributed by atoms with van der Waals surface area (Å²) in [5.41, 5.74) is 4.53. The van der Waals surface area contributed by atoms with Gasteiger partial charge in [-0.2, -0.15) is 0 Å². The van der Waals surface area contributed by atoms with Crippen molar-refractivity contribution in [3.63, 3.8) is 0 Å². The molecule has 0 bridgehead atoms. The fourth-order valence-corrected chi connectivity index (χ4v) is 6.51. The lowest BCUT2D eigenvalue weighted by Crippen LogP contribution is -2.47. The smallest absolute Gasteiger partial charge is 0.250 e. The summed E-state index contributed by atoms with van der Waals surface area (Å²) in [6, 6.07) is 20.8. The van der Waals surface area contributed by atoms with E-state index in [9.17, 15) is 9.59 Å². The Kier molecular flexibility index (Phi) is 6.97. The Bertz CT molecular complexity index is 1520. The van der Waals surface area contributed by atoms with Gasteiger partial charge in [-0.05, 0) is 66.6 Å². The minimum absolute atomic E-state index is 0.0256. The molecule has 0 radical (unpaired) electrons. The summed E-state index contributed by atoms with van der Waals surface area (Å²) < 4.78 is 4.93. The van der Waals surface area contributed by atoms with Crippen molar-refractivity contribution in [1.82, 2.24) is 19.4 Å². The van der Waals surface area contributed by atoms with E-state index in [-0.39, 0.29) is 29.3 Å². The number of piperidine rings is 1. The molecule has 1 saturated heterocycles. The third-order valence-electron chi connectivity index (χ3n) is 8.10. The molecule has 1 aliphatic carbocycles. The monoisotopic (exact) mass is 572 g/mol. The molecule has 38 heavy (non-hydrogen) atoms. The predicted octanol–water partition coefficient (Wildman–Crippen LogP) is 5.04. The van der Waals surface area contributed by atoms with Crippen LogP contribution in [0.25, 0.3) is 10.9 Å². The van der Waals surface area contributed by atoms with Gasteiger partial charge in [0.25, 0.3) is 5.56 Å². The molecule has 6 nitrogen and oxygen atoms in total. The molecular weight excluding hydrogens is 540 g/mol. The van der Waals surface area contributed by atoms with Crippen LogP contribution in [-0.2, 0) is 24.9 Å². The molecule has 3 heterocycles. The molecule has 1 saturated carbocycles. The van der Waals surface area contributed by atoms with Crippen molar-refractivity contribution < 1.29 is 4.79 Å². The Morgan fingerprint density at radius 1 is 1.08 bits per heavy atom. The van der Waals surface area contributed by atoms with E-state index in [1.807, 2.05) is 18.3 Å². The molecule has 0 spiro atoms. The van der Waals surface area contributed by atoms with E-state index >= 15 is 0 Å². The van der Waals surface area contributed by atoms with Gasteiger partial charge in [-0.1, -0.05) is 52.3 Å². The molecule has 196 valence electrons. The summed E-state index contributed by atoms with van der Waals surface area (Å²) in [7, 11) is 1.76. The minimum atomic E-state index is -0.183. The first kappa shape index (κ1) is 25.1. The highest BCUT2D eigenvalue weighted by atomic mass is 79.9. The van der Waals surface area contributed by atoms with Crippen molar-refractivity contribution >= 4 is 32.7 Å². The van der Waals surface area contributed by atoms with E-state index in [0.29, 0.717) is 13.1 Å². The fraction of sp³-hybridized carbons (Fsp3) is 0.355. The van der Waals surface area contributed by atoms with Crippen LogP contribution < -0.4 is 10.9 Å². The molecule has 1 N–H and O–H groups in total. The van der Waals surface area contributed by atoms with Crippen LogP contribution in [0.5, 0.6) is 0 Å². The quantitative estimate of drug-likeness (QED) is 0.337. The van der Waals surface area contributed by atoms with Crippen molar-refractivity contribution in [3.05, 3.63) is 105 Å². The van der Waals surface area contributed by atoms with Gasteiger partial charge >= 0.3 is 0 Å². The van der Waals surface area contributed by atoms with E-state index in [1.54, 1.807) is 17.7 Å². The highest BCUT2D eigenvalue weighted by Gasteiger charge is 2.40. The number of halogens is 1. The van der Waals surface area contributed by atoms with Crippen LogP contribution in [0.15, 0.2) is 82.3 Å². The van der Waals surface area contributed by atoms with Gasteiger partial charge in [0.1, 0.15) is 0 Å². The molecular formula is C31H33BrN4O2. The Balaban J connectivity index is 1.33. The van der Waals surface area contributed by atoms with Crippen LogP contribution in [-0.4, -0.2) is 39.1 Å². The number of rotatable bonds is 7. The number of benzene rings is 2. The van der Waals surface area contributed by atoms with Gasteiger partial charge in [0.2, 0.25) is 5.91 Å². The molecule has 7 heteroatoms. The van der Waals surface area contributed by atoms with E-state index in [4.69, 9.17) is 0 Å². The van der Waals surface area contributed by atoms with Crippen LogP contribution >= 0.6 is 15.9 Å². The number of amides is 1. The van der Waals surface area contributed by atoms with Gasteiger partial charge in [0.05, 0.1) is 5.92 Å². The second-order valence-electron chi connectivity index (χ2n) is 10.7. The molecule has 1 unspecified atom stereocenters. The lowest BCUT2D eigenvalue weighted by molar-refractivity contribution is -0.138. The molecule has 2 aromatic carbocycles. The Labute approximate surface area is 231 Å². The van der Waals surface area contributed by atoms with E-state index in [0.717, 1.165) is 48.0 Å². The first-order chi connectivity index (χ1) is 18.5. The number of nitrogens with one attached hydrogen (secondary N) is 1. The standard InChI is InChI=1S/C31H33BrN4O2/c1-34-15-13-22(16-29(34)37)25-12-14-33-17-26(25)31(38)36(24-10-11-24)20-23-19-35(18-21-6-3-2-4-7-21)28-9-5-8-27(32)30(23)28/h2-9,13,15-16,19,24-26,33H,10-12,14,17-18,20H2,1H3/t25-,26?/m1/s1. The number of aromatic nitrogens is 2. The van der Waals surface area contributed by atoms with Crippen LogP contribution in [0.4, 0.5) is 0 Å². The molecule has 2 aromatic heterocycles. The molecule has 6 rings (SSSR count). The molecule has 1 amide bonds. The van der Waals surface area contributed by atoms with E-state index < -0.39 is 0 Å². The maximum absolute atomic E-state index is 14.2. The molecule has 2 fully saturated rings. The Morgan fingerprint density at radius 2 is 1.89 bits per heavy atom. The number of carbonyl (C=O) groups excluding carboxylic acids is 1. The average molecular weight is 574 g/mol. The summed E-state index contributed by atoms with van der Waals surface area (Å²) in [6.45, 7) is 2.86. The number of hydrogen-bond acceptors (Lipinski definition) is 3. The topological polar surface area (TPSA) is 59.3 Å². The highest BCUT2D eigenvalue weighted by molar-refractivity contribution is 9.10. The van der Waals surface area contributed by atoms with Crippen LogP contribution in [0, 0.1) is 5.92 Å². The Morgan fingerprint density at radius 3 is 2.66 bits per heavy atom. The summed E-state index contributed by atoms with van der Waals surface area (Å²) in [5.74, 6) is 0.0593. The van der Waals surface area contributed by atoms with Crippen LogP contribution in [0.3, 0.4) is 0 Å². The largest absolute Gasteiger partial charge is 0.343 e. The summed E-state index contributed by atoms with van der Waals surface area (Å²) >= 11 is 3.80. The van der Waals surface area contributed by atoms with Crippen molar-refractivity contribution in [2.24, 2.45) is 13.0 Å². The van der Waals surface area contributed by atoms with Crippen LogP contribution in [0.2, 0.25) is 0 Å².